The van der Waals surface area contributed by atoms with Gasteiger partial charge in [-0.1, -0.05) is 18.5 Å². The van der Waals surface area contributed by atoms with E-state index < -0.39 is 0 Å². The van der Waals surface area contributed by atoms with E-state index in [9.17, 15) is 4.79 Å². The highest BCUT2D eigenvalue weighted by atomic mass is 35.5. The summed E-state index contributed by atoms with van der Waals surface area (Å²) in [5.74, 6) is 1.04. The van der Waals surface area contributed by atoms with Crippen LogP contribution in [0.15, 0.2) is 49.1 Å². The smallest absolute Gasteiger partial charge is 0.258 e. The van der Waals surface area contributed by atoms with Gasteiger partial charge in [0.2, 0.25) is 0 Å². The van der Waals surface area contributed by atoms with Crippen LogP contribution in [0.4, 0.5) is 5.69 Å². The Balaban J connectivity index is 1.61. The molecule has 0 saturated heterocycles. The van der Waals surface area contributed by atoms with E-state index in [1.54, 1.807) is 17.2 Å². The molecule has 5 nitrogen and oxygen atoms in total. The van der Waals surface area contributed by atoms with Gasteiger partial charge in [0.05, 0.1) is 18.4 Å². The molecular formula is C20H19ClN4O. The van der Waals surface area contributed by atoms with Gasteiger partial charge in [-0.05, 0) is 41.8 Å². The largest absolute Gasteiger partial charge is 0.330 e. The molecule has 4 rings (SSSR count). The van der Waals surface area contributed by atoms with E-state index in [0.717, 1.165) is 35.5 Å². The van der Waals surface area contributed by atoms with Gasteiger partial charge in [0.15, 0.2) is 0 Å². The molecule has 26 heavy (non-hydrogen) atoms. The number of imidazole rings is 1. The molecule has 3 aromatic rings. The number of carbonyl (C=O) groups excluding carboxylic acids is 1. The molecule has 0 fully saturated rings. The molecule has 0 bridgehead atoms. The predicted molar refractivity (Wildman–Crippen MR) is 102 cm³/mol. The van der Waals surface area contributed by atoms with Crippen LogP contribution in [0.1, 0.15) is 34.2 Å². The molecule has 132 valence electrons. The maximum Gasteiger partial charge on any atom is 0.258 e. The normalized spacial score (nSPS) is 13.8. The number of amides is 1. The Morgan fingerprint density at radius 3 is 2.96 bits per heavy atom. The highest BCUT2D eigenvalue weighted by molar-refractivity contribution is 6.30. The van der Waals surface area contributed by atoms with Crippen LogP contribution in [0, 0.1) is 0 Å². The number of anilines is 1. The summed E-state index contributed by atoms with van der Waals surface area (Å²) in [7, 11) is 0. The van der Waals surface area contributed by atoms with Crippen LogP contribution in [0.2, 0.25) is 5.02 Å². The number of hydrogen-bond donors (Lipinski definition) is 0. The summed E-state index contributed by atoms with van der Waals surface area (Å²) in [4.78, 5) is 23.4. The summed E-state index contributed by atoms with van der Waals surface area (Å²) in [5, 5.41) is 0.667. The Bertz CT molecular complexity index is 966. The Morgan fingerprint density at radius 2 is 2.12 bits per heavy atom. The monoisotopic (exact) mass is 366 g/mol. The Hall–Kier alpha value is -2.66. The Kier molecular flexibility index (Phi) is 4.47. The topological polar surface area (TPSA) is 51.0 Å². The van der Waals surface area contributed by atoms with Crippen molar-refractivity contribution < 1.29 is 4.79 Å². The molecular weight excluding hydrogens is 348 g/mol. The van der Waals surface area contributed by atoms with Crippen molar-refractivity contribution in [2.75, 3.05) is 11.4 Å². The zero-order valence-electron chi connectivity index (χ0n) is 14.5. The lowest BCUT2D eigenvalue weighted by molar-refractivity contribution is 0.0980. The number of pyridine rings is 1. The van der Waals surface area contributed by atoms with Crippen LogP contribution in [-0.4, -0.2) is 27.0 Å². The first-order chi connectivity index (χ1) is 12.7. The fourth-order valence-electron chi connectivity index (χ4n) is 3.41. The summed E-state index contributed by atoms with van der Waals surface area (Å²) >= 11 is 6.05. The van der Waals surface area contributed by atoms with E-state index in [-0.39, 0.29) is 5.91 Å². The third-order valence-corrected chi connectivity index (χ3v) is 4.95. The lowest BCUT2D eigenvalue weighted by Gasteiger charge is -2.28. The highest BCUT2D eigenvalue weighted by Gasteiger charge is 2.25. The number of carbonyl (C=O) groups is 1. The molecule has 0 aliphatic carbocycles. The van der Waals surface area contributed by atoms with Crippen molar-refractivity contribution in [3.63, 3.8) is 0 Å². The van der Waals surface area contributed by atoms with Crippen LogP contribution in [0.5, 0.6) is 0 Å². The zero-order chi connectivity index (χ0) is 18.1. The quantitative estimate of drug-likeness (QED) is 0.706. The summed E-state index contributed by atoms with van der Waals surface area (Å²) < 4.78 is 2.11. The maximum atomic E-state index is 12.9. The molecule has 1 aliphatic rings. The number of rotatable bonds is 4. The number of benzene rings is 1. The van der Waals surface area contributed by atoms with Gasteiger partial charge >= 0.3 is 0 Å². The molecule has 0 unspecified atom stereocenters. The van der Waals surface area contributed by atoms with Crippen LogP contribution in [0.3, 0.4) is 0 Å². The minimum Gasteiger partial charge on any atom is -0.330 e. The van der Waals surface area contributed by atoms with Crippen molar-refractivity contribution in [2.24, 2.45) is 0 Å². The third kappa shape index (κ3) is 3.10. The number of hydrogen-bond acceptors (Lipinski definition) is 3. The molecule has 1 aliphatic heterocycles. The second kappa shape index (κ2) is 6.92. The first-order valence-corrected chi connectivity index (χ1v) is 9.07. The van der Waals surface area contributed by atoms with Gasteiger partial charge in [0.25, 0.3) is 5.91 Å². The number of halogens is 1. The molecule has 6 heteroatoms. The zero-order valence-corrected chi connectivity index (χ0v) is 15.3. The Morgan fingerprint density at radius 1 is 1.23 bits per heavy atom. The van der Waals surface area contributed by atoms with E-state index in [2.05, 4.69) is 21.5 Å². The van der Waals surface area contributed by atoms with Crippen molar-refractivity contribution in [2.45, 2.75) is 26.3 Å². The molecule has 0 atom stereocenters. The molecule has 0 saturated carbocycles. The first kappa shape index (κ1) is 16.8. The number of aromatic nitrogens is 3. The molecule has 2 aromatic heterocycles. The molecule has 1 amide bonds. The minimum atomic E-state index is -0.00116. The fourth-order valence-corrected chi connectivity index (χ4v) is 3.60. The third-order valence-electron chi connectivity index (χ3n) is 4.71. The summed E-state index contributed by atoms with van der Waals surface area (Å²) in [6.45, 7) is 3.41. The lowest BCUT2D eigenvalue weighted by Crippen LogP contribution is -2.37. The van der Waals surface area contributed by atoms with Gasteiger partial charge in [0.1, 0.15) is 5.82 Å². The van der Waals surface area contributed by atoms with E-state index in [0.29, 0.717) is 23.7 Å². The van der Waals surface area contributed by atoms with Gasteiger partial charge < -0.3 is 9.47 Å². The summed E-state index contributed by atoms with van der Waals surface area (Å²) in [5.41, 5.74) is 3.60. The number of aryl methyl sites for hydroxylation is 1. The van der Waals surface area contributed by atoms with E-state index in [4.69, 9.17) is 11.6 Å². The van der Waals surface area contributed by atoms with E-state index >= 15 is 0 Å². The average molecular weight is 367 g/mol. The first-order valence-electron chi connectivity index (χ1n) is 8.70. The van der Waals surface area contributed by atoms with Crippen LogP contribution >= 0.6 is 11.6 Å². The second-order valence-corrected chi connectivity index (χ2v) is 6.82. The van der Waals surface area contributed by atoms with Crippen LogP contribution < -0.4 is 4.90 Å². The number of nitrogens with zero attached hydrogens (tertiary/aromatic N) is 4. The standard InChI is InChI=1S/C20H19ClN4O/c1-2-19-23-6-8-24(19)13-14-9-17(12-22-11-14)25-7-5-15-10-16(21)3-4-18(15)20(25)26/h3-4,6,8-12H,2,5,7,13H2,1H3. The van der Waals surface area contributed by atoms with Crippen molar-refractivity contribution >= 4 is 23.2 Å². The van der Waals surface area contributed by atoms with Crippen LogP contribution in [-0.2, 0) is 19.4 Å². The predicted octanol–water partition coefficient (Wildman–Crippen LogP) is 3.75. The van der Waals surface area contributed by atoms with Crippen molar-refractivity contribution in [1.29, 1.82) is 0 Å². The van der Waals surface area contributed by atoms with Crippen molar-refractivity contribution in [3.8, 4) is 0 Å². The fraction of sp³-hybridized carbons (Fsp3) is 0.250. The Labute approximate surface area is 157 Å². The van der Waals surface area contributed by atoms with Gasteiger partial charge in [-0.3, -0.25) is 9.78 Å². The summed E-state index contributed by atoms with van der Waals surface area (Å²) in [6.07, 6.45) is 9.03. The van der Waals surface area contributed by atoms with Crippen LogP contribution in [0.25, 0.3) is 0 Å². The summed E-state index contributed by atoms with van der Waals surface area (Å²) in [6, 6.07) is 7.49. The molecule has 0 radical (unpaired) electrons. The molecule has 1 aromatic carbocycles. The average Bonchev–Trinajstić information content (AvgIpc) is 3.09. The van der Waals surface area contributed by atoms with Gasteiger partial charge in [0, 0.05) is 42.1 Å². The second-order valence-electron chi connectivity index (χ2n) is 6.38. The maximum absolute atomic E-state index is 12.9. The van der Waals surface area contributed by atoms with Crippen molar-refractivity contribution in [3.05, 3.63) is 76.6 Å². The molecule has 0 N–H and O–H groups in total. The van der Waals surface area contributed by atoms with E-state index in [1.807, 2.05) is 36.8 Å². The van der Waals surface area contributed by atoms with Gasteiger partial charge in [-0.15, -0.1) is 0 Å². The SMILES string of the molecule is CCc1nccn1Cc1cncc(N2CCc3cc(Cl)ccc3C2=O)c1. The number of fused-ring (bicyclic) bond motifs is 1. The highest BCUT2D eigenvalue weighted by Crippen LogP contribution is 2.26. The van der Waals surface area contributed by atoms with Gasteiger partial charge in [-0.2, -0.15) is 0 Å². The minimum absolute atomic E-state index is 0.00116. The molecule has 3 heterocycles. The van der Waals surface area contributed by atoms with E-state index in [1.165, 1.54) is 0 Å². The van der Waals surface area contributed by atoms with Gasteiger partial charge in [-0.25, -0.2) is 4.98 Å². The van der Waals surface area contributed by atoms with Crippen molar-refractivity contribution in [1.82, 2.24) is 14.5 Å². The lowest BCUT2D eigenvalue weighted by atomic mass is 9.98. The molecule has 0 spiro atoms.